The summed E-state index contributed by atoms with van der Waals surface area (Å²) in [5.74, 6) is 3.34. The van der Waals surface area contributed by atoms with Gasteiger partial charge in [0, 0.05) is 27.8 Å². The molecule has 2 spiro atoms. The van der Waals surface area contributed by atoms with Crippen molar-refractivity contribution in [3.05, 3.63) is 162 Å². The van der Waals surface area contributed by atoms with Crippen molar-refractivity contribution in [1.82, 2.24) is 0 Å². The SMILES string of the molecule is c1ccc(-c2ccccc2N(c2ccc3c(c2)-c2ccccc2C32CCCCC2)c2ccc3c(c2)C2(c4ccccc4-3)C3CC4CC(C3)CC2C4)cc1. The Morgan fingerprint density at radius 3 is 1.74 bits per heavy atom. The number of rotatable bonds is 4. The molecule has 0 saturated heterocycles. The molecular weight excluding hydrogens is 639 g/mol. The topological polar surface area (TPSA) is 3.24 Å². The third kappa shape index (κ3) is 4.15. The molecule has 7 aliphatic rings. The number of hydrogen-bond acceptors (Lipinski definition) is 1. The van der Waals surface area contributed by atoms with Gasteiger partial charge in [-0.05, 0) is 149 Å². The van der Waals surface area contributed by atoms with E-state index in [-0.39, 0.29) is 10.8 Å². The van der Waals surface area contributed by atoms with Gasteiger partial charge in [0.1, 0.15) is 0 Å². The molecular formula is C52H47N. The van der Waals surface area contributed by atoms with Crippen molar-refractivity contribution < 1.29 is 0 Å². The summed E-state index contributed by atoms with van der Waals surface area (Å²) in [5, 5.41) is 0. The maximum absolute atomic E-state index is 2.67. The second kappa shape index (κ2) is 11.3. The predicted molar refractivity (Wildman–Crippen MR) is 219 cm³/mol. The van der Waals surface area contributed by atoms with Crippen molar-refractivity contribution in [1.29, 1.82) is 0 Å². The van der Waals surface area contributed by atoms with Crippen LogP contribution >= 0.6 is 0 Å². The Labute approximate surface area is 314 Å². The quantitative estimate of drug-likeness (QED) is 0.179. The number of fused-ring (bicyclic) bond motifs is 8. The monoisotopic (exact) mass is 685 g/mol. The number of benzene rings is 6. The molecule has 0 N–H and O–H groups in total. The average molecular weight is 686 g/mol. The van der Waals surface area contributed by atoms with Crippen LogP contribution in [-0.4, -0.2) is 0 Å². The standard InChI is InChI=1S/C52H47N/c1-3-13-36(14-4-1)41-15-7-10-20-50(41)53(39-22-24-47-45(32-39)43-17-5-8-18-46(43)51(47)25-11-2-12-26-51)40-21-23-44-42-16-6-9-19-48(42)52(49(44)33-40)37-28-34-27-35(30-37)31-38(52)29-34/h1,3-10,13-24,32-35,37-38H,2,11-12,25-31H2. The van der Waals surface area contributed by atoms with Gasteiger partial charge in [-0.15, -0.1) is 0 Å². The number of nitrogens with zero attached hydrogens (tertiary/aromatic N) is 1. The van der Waals surface area contributed by atoms with Crippen molar-refractivity contribution in [3.8, 4) is 33.4 Å². The van der Waals surface area contributed by atoms with Gasteiger partial charge < -0.3 is 4.90 Å². The Kier molecular flexibility index (Phi) is 6.53. The molecule has 0 aliphatic heterocycles. The van der Waals surface area contributed by atoms with Gasteiger partial charge in [0.05, 0.1) is 5.69 Å². The number of hydrogen-bond donors (Lipinski definition) is 0. The maximum Gasteiger partial charge on any atom is 0.0540 e. The third-order valence-corrected chi connectivity index (χ3v) is 15.2. The van der Waals surface area contributed by atoms with Crippen LogP contribution in [-0.2, 0) is 10.8 Å². The van der Waals surface area contributed by atoms with E-state index >= 15 is 0 Å². The van der Waals surface area contributed by atoms with Crippen LogP contribution in [0.25, 0.3) is 33.4 Å². The van der Waals surface area contributed by atoms with Crippen LogP contribution in [0.5, 0.6) is 0 Å². The molecule has 0 heterocycles. The normalized spacial score (nSPS) is 26.3. The van der Waals surface area contributed by atoms with E-state index in [1.807, 2.05) is 0 Å². The third-order valence-electron chi connectivity index (χ3n) is 15.2. The Morgan fingerprint density at radius 2 is 0.981 bits per heavy atom. The molecule has 5 fully saturated rings. The smallest absolute Gasteiger partial charge is 0.0540 e. The Balaban J connectivity index is 1.09. The molecule has 13 rings (SSSR count). The molecule has 0 amide bonds. The first kappa shape index (κ1) is 30.6. The van der Waals surface area contributed by atoms with Crippen molar-refractivity contribution in [2.75, 3.05) is 4.90 Å². The van der Waals surface area contributed by atoms with Crippen LogP contribution in [0.3, 0.4) is 0 Å². The average Bonchev–Trinajstić information content (AvgIpc) is 3.64. The summed E-state index contributed by atoms with van der Waals surface area (Å²) >= 11 is 0. The molecule has 53 heavy (non-hydrogen) atoms. The molecule has 0 unspecified atom stereocenters. The highest BCUT2D eigenvalue weighted by Crippen LogP contribution is 2.70. The van der Waals surface area contributed by atoms with Gasteiger partial charge in [-0.1, -0.05) is 128 Å². The van der Waals surface area contributed by atoms with Gasteiger partial charge in [0.25, 0.3) is 0 Å². The van der Waals surface area contributed by atoms with E-state index in [1.54, 1.807) is 22.3 Å². The van der Waals surface area contributed by atoms with E-state index in [9.17, 15) is 0 Å². The molecule has 260 valence electrons. The maximum atomic E-state index is 2.67. The van der Waals surface area contributed by atoms with Crippen molar-refractivity contribution >= 4 is 17.1 Å². The van der Waals surface area contributed by atoms with Crippen LogP contribution in [0.4, 0.5) is 17.1 Å². The molecule has 5 saturated carbocycles. The summed E-state index contributed by atoms with van der Waals surface area (Å²) < 4.78 is 0. The van der Waals surface area contributed by atoms with E-state index < -0.39 is 0 Å². The summed E-state index contributed by atoms with van der Waals surface area (Å²) in [7, 11) is 0. The lowest BCUT2D eigenvalue weighted by atomic mass is 9.43. The Morgan fingerprint density at radius 1 is 0.415 bits per heavy atom. The van der Waals surface area contributed by atoms with E-state index in [0.29, 0.717) is 0 Å². The minimum atomic E-state index is 0.129. The minimum absolute atomic E-state index is 0.129. The molecule has 1 nitrogen and oxygen atoms in total. The molecule has 6 aromatic rings. The van der Waals surface area contributed by atoms with Gasteiger partial charge in [-0.25, -0.2) is 0 Å². The Hall–Kier alpha value is -4.88. The fourth-order valence-electron chi connectivity index (χ4n) is 13.5. The summed E-state index contributed by atoms with van der Waals surface area (Å²) in [6.07, 6.45) is 13.6. The summed E-state index contributed by atoms with van der Waals surface area (Å²) in [4.78, 5) is 2.62. The number of anilines is 3. The fraction of sp³-hybridized carbons (Fsp3) is 0.308. The van der Waals surface area contributed by atoms with Gasteiger partial charge in [-0.3, -0.25) is 0 Å². The minimum Gasteiger partial charge on any atom is -0.310 e. The van der Waals surface area contributed by atoms with Gasteiger partial charge in [0.2, 0.25) is 0 Å². The zero-order valence-corrected chi connectivity index (χ0v) is 30.6. The molecule has 7 aliphatic carbocycles. The molecule has 0 radical (unpaired) electrons. The molecule has 1 heteroatoms. The first-order valence-electron chi connectivity index (χ1n) is 20.7. The Bertz CT molecular complexity index is 2380. The van der Waals surface area contributed by atoms with Crippen molar-refractivity contribution in [3.63, 3.8) is 0 Å². The first-order valence-corrected chi connectivity index (χ1v) is 20.7. The van der Waals surface area contributed by atoms with Crippen LogP contribution < -0.4 is 4.90 Å². The zero-order chi connectivity index (χ0) is 34.7. The lowest BCUT2D eigenvalue weighted by Crippen LogP contribution is -2.55. The summed E-state index contributed by atoms with van der Waals surface area (Å²) in [6.45, 7) is 0. The molecule has 0 aromatic heterocycles. The zero-order valence-electron chi connectivity index (χ0n) is 30.6. The lowest BCUT2D eigenvalue weighted by molar-refractivity contribution is -0.0399. The lowest BCUT2D eigenvalue weighted by Gasteiger charge is -2.61. The molecule has 6 aromatic carbocycles. The summed E-state index contributed by atoms with van der Waals surface area (Å²) in [6, 6.07) is 54.2. The molecule has 0 atom stereocenters. The highest BCUT2D eigenvalue weighted by Gasteiger charge is 2.61. The first-order chi connectivity index (χ1) is 26.2. The number of para-hydroxylation sites is 1. The predicted octanol–water partition coefficient (Wildman–Crippen LogP) is 13.8. The summed E-state index contributed by atoms with van der Waals surface area (Å²) in [5.41, 5.74) is 18.8. The van der Waals surface area contributed by atoms with Crippen LogP contribution in [0.1, 0.15) is 86.5 Å². The van der Waals surface area contributed by atoms with Gasteiger partial charge in [0.15, 0.2) is 0 Å². The highest BCUT2D eigenvalue weighted by molar-refractivity contribution is 5.93. The second-order valence-electron chi connectivity index (χ2n) is 17.6. The van der Waals surface area contributed by atoms with Crippen molar-refractivity contribution in [2.24, 2.45) is 23.7 Å². The van der Waals surface area contributed by atoms with E-state index in [0.717, 1.165) is 23.7 Å². The molecule has 4 bridgehead atoms. The van der Waals surface area contributed by atoms with E-state index in [2.05, 4.69) is 144 Å². The van der Waals surface area contributed by atoms with Crippen molar-refractivity contribution in [2.45, 2.75) is 75.0 Å². The highest BCUT2D eigenvalue weighted by atomic mass is 15.1. The fourth-order valence-corrected chi connectivity index (χ4v) is 13.5. The second-order valence-corrected chi connectivity index (χ2v) is 17.6. The largest absolute Gasteiger partial charge is 0.310 e. The van der Waals surface area contributed by atoms with Gasteiger partial charge in [-0.2, -0.15) is 0 Å². The van der Waals surface area contributed by atoms with Crippen LogP contribution in [0, 0.1) is 23.7 Å². The van der Waals surface area contributed by atoms with E-state index in [1.165, 1.54) is 115 Å². The van der Waals surface area contributed by atoms with E-state index in [4.69, 9.17) is 0 Å². The van der Waals surface area contributed by atoms with Crippen LogP contribution in [0.2, 0.25) is 0 Å². The van der Waals surface area contributed by atoms with Gasteiger partial charge >= 0.3 is 0 Å². The van der Waals surface area contributed by atoms with Crippen LogP contribution in [0.15, 0.2) is 140 Å².